The predicted molar refractivity (Wildman–Crippen MR) is 40.7 cm³/mol. The first kappa shape index (κ1) is 9.05. The van der Waals surface area contributed by atoms with Crippen molar-refractivity contribution in [1.29, 1.82) is 0 Å². The Morgan fingerprint density at radius 1 is 1.33 bits per heavy atom. The molecule has 0 N–H and O–H groups in total. The van der Waals surface area contributed by atoms with E-state index in [1.165, 1.54) is 0 Å². The summed E-state index contributed by atoms with van der Waals surface area (Å²) >= 11 is 2.57. The van der Waals surface area contributed by atoms with Crippen molar-refractivity contribution in [3.8, 4) is 0 Å². The van der Waals surface area contributed by atoms with Crippen LogP contribution in [0, 0.1) is 21.7 Å². The number of benzene rings is 1. The molecule has 0 spiro atoms. The third-order valence-corrected chi connectivity index (χ3v) is 1.96. The van der Waals surface area contributed by atoms with E-state index >= 15 is 0 Å². The van der Waals surface area contributed by atoms with E-state index in [1.54, 1.807) is 0 Å². The van der Waals surface area contributed by atoms with Crippen molar-refractivity contribution >= 4 is 21.6 Å². The number of nitro groups is 1. The molecule has 0 saturated heterocycles. The van der Waals surface area contributed by atoms with Crippen molar-refractivity contribution in [2.75, 3.05) is 0 Å². The zero-order chi connectivity index (χ0) is 9.30. The Balaban J connectivity index is 3.43. The molecule has 0 atom stereocenters. The highest BCUT2D eigenvalue weighted by Crippen LogP contribution is 2.29. The van der Waals surface area contributed by atoms with Gasteiger partial charge in [-0.15, -0.1) is 0 Å². The molecule has 3 nitrogen and oxygen atoms in total. The van der Waals surface area contributed by atoms with Crippen molar-refractivity contribution < 1.29 is 13.7 Å². The molecule has 0 aliphatic rings. The topological polar surface area (TPSA) is 43.1 Å². The fraction of sp³-hybridized carbons (Fsp3) is 0. The van der Waals surface area contributed by atoms with Crippen LogP contribution in [0.4, 0.5) is 14.5 Å². The molecule has 0 aliphatic heterocycles. The van der Waals surface area contributed by atoms with Crippen LogP contribution in [0.25, 0.3) is 0 Å². The van der Waals surface area contributed by atoms with Crippen LogP contribution in [0.5, 0.6) is 0 Å². The fourth-order valence-corrected chi connectivity index (χ4v) is 1.15. The lowest BCUT2D eigenvalue weighted by atomic mass is 10.3. The van der Waals surface area contributed by atoms with E-state index in [4.69, 9.17) is 0 Å². The summed E-state index contributed by atoms with van der Waals surface area (Å²) in [5.41, 5.74) is -0.880. The van der Waals surface area contributed by atoms with Gasteiger partial charge in [0, 0.05) is 0 Å². The Hall–Kier alpha value is -1.04. The summed E-state index contributed by atoms with van der Waals surface area (Å²) in [6.07, 6.45) is 0. The first-order valence-corrected chi connectivity index (χ1v) is 3.61. The molecule has 0 heterocycles. The Morgan fingerprint density at radius 3 is 2.25 bits per heavy atom. The molecule has 0 saturated carbocycles. The molecule has 0 unspecified atom stereocenters. The predicted octanol–water partition coefficient (Wildman–Crippen LogP) is 2.64. The highest BCUT2D eigenvalue weighted by Gasteiger charge is 2.21. The largest absolute Gasteiger partial charge is 0.321 e. The second kappa shape index (κ2) is 3.14. The molecule has 0 amide bonds. The van der Waals surface area contributed by atoms with Gasteiger partial charge in [-0.05, 0) is 28.1 Å². The molecule has 0 radical (unpaired) electrons. The molecule has 1 aromatic rings. The first-order chi connectivity index (χ1) is 5.54. The maximum atomic E-state index is 12.6. The normalized spacial score (nSPS) is 9.92. The van der Waals surface area contributed by atoms with Crippen LogP contribution in [0.15, 0.2) is 16.6 Å². The van der Waals surface area contributed by atoms with Gasteiger partial charge in [-0.3, -0.25) is 10.1 Å². The monoisotopic (exact) mass is 237 g/mol. The Morgan fingerprint density at radius 2 is 1.83 bits per heavy atom. The van der Waals surface area contributed by atoms with Gasteiger partial charge < -0.3 is 0 Å². The minimum atomic E-state index is -1.06. The summed E-state index contributed by atoms with van der Waals surface area (Å²) in [7, 11) is 0. The highest BCUT2D eigenvalue weighted by molar-refractivity contribution is 9.10. The van der Waals surface area contributed by atoms with Gasteiger partial charge in [0.25, 0.3) is 0 Å². The highest BCUT2D eigenvalue weighted by atomic mass is 79.9. The standard InChI is InChI=1S/C6H2BrF2NO2/c7-5-3(8)1-2-4(9)6(5)10(11)12/h1-2H. The van der Waals surface area contributed by atoms with Gasteiger partial charge in [0.05, 0.1) is 4.92 Å². The van der Waals surface area contributed by atoms with Crippen LogP contribution in [0.1, 0.15) is 0 Å². The smallest absolute Gasteiger partial charge is 0.258 e. The minimum Gasteiger partial charge on any atom is -0.258 e. The summed E-state index contributed by atoms with van der Waals surface area (Å²) < 4.78 is 24.8. The molecule has 64 valence electrons. The van der Waals surface area contributed by atoms with Crippen LogP contribution in [0.2, 0.25) is 0 Å². The van der Waals surface area contributed by atoms with Gasteiger partial charge in [-0.1, -0.05) is 0 Å². The van der Waals surface area contributed by atoms with Crippen molar-refractivity contribution in [3.63, 3.8) is 0 Å². The fourth-order valence-electron chi connectivity index (χ4n) is 0.684. The number of nitro benzene ring substituents is 1. The Bertz CT molecular complexity index is 343. The second-order valence-corrected chi connectivity index (χ2v) is 2.74. The average Bonchev–Trinajstić information content (AvgIpc) is 1.97. The van der Waals surface area contributed by atoms with E-state index in [0.29, 0.717) is 6.07 Å². The number of rotatable bonds is 1. The summed E-state index contributed by atoms with van der Waals surface area (Å²) in [4.78, 5) is 9.18. The van der Waals surface area contributed by atoms with Gasteiger partial charge in [-0.2, -0.15) is 4.39 Å². The molecular formula is C6H2BrF2NO2. The number of nitrogens with zero attached hydrogens (tertiary/aromatic N) is 1. The lowest BCUT2D eigenvalue weighted by Gasteiger charge is -1.96. The summed E-state index contributed by atoms with van der Waals surface area (Å²) in [5.74, 6) is -1.92. The van der Waals surface area contributed by atoms with E-state index in [1.807, 2.05) is 0 Å². The third kappa shape index (κ3) is 1.42. The Labute approximate surface area is 74.3 Å². The first-order valence-electron chi connectivity index (χ1n) is 2.82. The summed E-state index contributed by atoms with van der Waals surface area (Å²) in [5, 5.41) is 10.2. The lowest BCUT2D eigenvalue weighted by molar-refractivity contribution is -0.388. The van der Waals surface area contributed by atoms with Crippen molar-refractivity contribution in [1.82, 2.24) is 0 Å². The summed E-state index contributed by atoms with van der Waals surface area (Å²) in [6, 6.07) is 1.52. The third-order valence-electron chi connectivity index (χ3n) is 1.20. The lowest BCUT2D eigenvalue weighted by Crippen LogP contribution is -1.95. The SMILES string of the molecule is O=[N+]([O-])c1c(F)ccc(F)c1Br. The Kier molecular flexibility index (Phi) is 2.37. The van der Waals surface area contributed by atoms with Gasteiger partial charge in [0.1, 0.15) is 10.3 Å². The van der Waals surface area contributed by atoms with E-state index in [2.05, 4.69) is 15.9 Å². The molecule has 12 heavy (non-hydrogen) atoms. The van der Waals surface area contributed by atoms with Crippen LogP contribution >= 0.6 is 15.9 Å². The number of hydrogen-bond acceptors (Lipinski definition) is 2. The zero-order valence-corrected chi connectivity index (χ0v) is 7.14. The molecule has 6 heteroatoms. The average molecular weight is 238 g/mol. The van der Waals surface area contributed by atoms with E-state index < -0.39 is 26.7 Å². The maximum absolute atomic E-state index is 12.6. The van der Waals surface area contributed by atoms with Crippen molar-refractivity contribution in [3.05, 3.63) is 38.4 Å². The minimum absolute atomic E-state index is 0.465. The van der Waals surface area contributed by atoms with Gasteiger partial charge in [0.15, 0.2) is 0 Å². The number of hydrogen-bond donors (Lipinski definition) is 0. The molecule has 0 bridgehead atoms. The van der Waals surface area contributed by atoms with E-state index in [9.17, 15) is 18.9 Å². The maximum Gasteiger partial charge on any atom is 0.321 e. The quantitative estimate of drug-likeness (QED) is 0.428. The van der Waals surface area contributed by atoms with Gasteiger partial charge >= 0.3 is 5.69 Å². The van der Waals surface area contributed by atoms with E-state index in [-0.39, 0.29) is 0 Å². The molecule has 1 aromatic carbocycles. The molecule has 1 rings (SSSR count). The second-order valence-electron chi connectivity index (χ2n) is 1.95. The van der Waals surface area contributed by atoms with Crippen LogP contribution in [-0.4, -0.2) is 4.92 Å². The van der Waals surface area contributed by atoms with Gasteiger partial charge in [-0.25, -0.2) is 4.39 Å². The van der Waals surface area contributed by atoms with Crippen LogP contribution in [-0.2, 0) is 0 Å². The molecule has 0 fully saturated rings. The molecular weight excluding hydrogens is 236 g/mol. The van der Waals surface area contributed by atoms with Crippen LogP contribution in [0.3, 0.4) is 0 Å². The van der Waals surface area contributed by atoms with Crippen molar-refractivity contribution in [2.45, 2.75) is 0 Å². The molecule has 0 aromatic heterocycles. The van der Waals surface area contributed by atoms with Crippen LogP contribution < -0.4 is 0 Å². The van der Waals surface area contributed by atoms with Crippen molar-refractivity contribution in [2.24, 2.45) is 0 Å². The van der Waals surface area contributed by atoms with Gasteiger partial charge in [0.2, 0.25) is 5.82 Å². The number of halogens is 3. The zero-order valence-electron chi connectivity index (χ0n) is 5.55. The van der Waals surface area contributed by atoms with E-state index in [0.717, 1.165) is 6.07 Å². The molecule has 0 aliphatic carbocycles. The summed E-state index contributed by atoms with van der Waals surface area (Å²) in [6.45, 7) is 0.